The first-order valence-corrected chi connectivity index (χ1v) is 10.3. The van der Waals surface area contributed by atoms with E-state index in [1.807, 2.05) is 6.07 Å². The Labute approximate surface area is 176 Å². The predicted molar refractivity (Wildman–Crippen MR) is 124 cm³/mol. The van der Waals surface area contributed by atoms with Crippen molar-refractivity contribution in [2.24, 2.45) is 5.41 Å². The van der Waals surface area contributed by atoms with Crippen LogP contribution in [-0.4, -0.2) is 7.11 Å². The first-order valence-electron chi connectivity index (χ1n) is 10.3. The molecule has 0 N–H and O–H groups in total. The van der Waals surface area contributed by atoms with Crippen LogP contribution in [-0.2, 0) is 10.2 Å². The van der Waals surface area contributed by atoms with Crippen molar-refractivity contribution in [3.8, 4) is 11.8 Å². The molecule has 0 aliphatic heterocycles. The highest BCUT2D eigenvalue weighted by atomic mass is 16.5. The first-order chi connectivity index (χ1) is 13.6. The van der Waals surface area contributed by atoms with Crippen molar-refractivity contribution in [2.75, 3.05) is 7.11 Å². The number of hydrogen-bond acceptors (Lipinski definition) is 1. The molecule has 29 heavy (non-hydrogen) atoms. The summed E-state index contributed by atoms with van der Waals surface area (Å²) in [6.45, 7) is 13.2. The lowest BCUT2D eigenvalue weighted by Gasteiger charge is -2.28. The number of benzene rings is 3. The topological polar surface area (TPSA) is 9.23 Å². The Morgan fingerprint density at radius 3 is 1.93 bits per heavy atom. The van der Waals surface area contributed by atoms with Gasteiger partial charge in [-0.05, 0) is 60.2 Å². The fourth-order valence-electron chi connectivity index (χ4n) is 3.64. The molecule has 0 saturated heterocycles. The number of methoxy groups -OCH3 is 1. The molecule has 3 aromatic carbocycles. The summed E-state index contributed by atoms with van der Waals surface area (Å²) in [5, 5.41) is 2.49. The van der Waals surface area contributed by atoms with Gasteiger partial charge in [0.2, 0.25) is 0 Å². The van der Waals surface area contributed by atoms with Gasteiger partial charge < -0.3 is 4.74 Å². The third-order valence-corrected chi connectivity index (χ3v) is 5.06. The van der Waals surface area contributed by atoms with Crippen LogP contribution >= 0.6 is 0 Å². The molecule has 0 radical (unpaired) electrons. The molecule has 0 saturated carbocycles. The molecule has 1 nitrogen and oxygen atoms in total. The zero-order valence-electron chi connectivity index (χ0n) is 18.8. The summed E-state index contributed by atoms with van der Waals surface area (Å²) in [5.74, 6) is 6.78. The smallest absolute Gasteiger partial charge is 0.109 e. The fraction of sp³-hybridized carbons (Fsp3) is 0.357. The Kier molecular flexibility index (Phi) is 5.87. The highest BCUT2D eigenvalue weighted by Gasteiger charge is 2.26. The van der Waals surface area contributed by atoms with E-state index < -0.39 is 0 Å². The maximum atomic E-state index is 6.11. The van der Waals surface area contributed by atoms with Gasteiger partial charge >= 0.3 is 0 Å². The quantitative estimate of drug-likeness (QED) is 0.431. The van der Waals surface area contributed by atoms with Gasteiger partial charge in [-0.15, -0.1) is 0 Å². The van der Waals surface area contributed by atoms with Crippen LogP contribution in [0.3, 0.4) is 0 Å². The molecule has 0 aliphatic rings. The molecule has 0 spiro atoms. The summed E-state index contributed by atoms with van der Waals surface area (Å²) in [5.41, 5.74) is 4.62. The minimum absolute atomic E-state index is 0.00216. The average molecular weight is 385 g/mol. The number of rotatable bonds is 3. The average Bonchev–Trinajstić information content (AvgIpc) is 2.66. The van der Waals surface area contributed by atoms with E-state index in [4.69, 9.17) is 4.74 Å². The lowest BCUT2D eigenvalue weighted by molar-refractivity contribution is 0.134. The summed E-state index contributed by atoms with van der Waals surface area (Å²) in [4.78, 5) is 0. The molecule has 1 heteroatoms. The summed E-state index contributed by atoms with van der Waals surface area (Å²) < 4.78 is 6.11. The first kappa shape index (κ1) is 21.2. The summed E-state index contributed by atoms with van der Waals surface area (Å²) in [6, 6.07) is 21.5. The van der Waals surface area contributed by atoms with E-state index >= 15 is 0 Å². The largest absolute Gasteiger partial charge is 0.372 e. The summed E-state index contributed by atoms with van der Waals surface area (Å²) in [6.07, 6.45) is -0.167. The van der Waals surface area contributed by atoms with Gasteiger partial charge in [0.05, 0.1) is 0 Å². The van der Waals surface area contributed by atoms with Gasteiger partial charge in [-0.1, -0.05) is 81.1 Å². The minimum Gasteiger partial charge on any atom is -0.372 e. The zero-order valence-corrected chi connectivity index (χ0v) is 18.8. The highest BCUT2D eigenvalue weighted by molar-refractivity contribution is 5.84. The van der Waals surface area contributed by atoms with Crippen molar-refractivity contribution in [1.29, 1.82) is 0 Å². The van der Waals surface area contributed by atoms with Crippen LogP contribution in [0.4, 0.5) is 0 Å². The van der Waals surface area contributed by atoms with Gasteiger partial charge in [0.15, 0.2) is 0 Å². The molecule has 1 atom stereocenters. The monoisotopic (exact) mass is 384 g/mol. The Balaban J connectivity index is 2.24. The van der Waals surface area contributed by atoms with Gasteiger partial charge in [0, 0.05) is 23.7 Å². The van der Waals surface area contributed by atoms with Crippen LogP contribution < -0.4 is 0 Å². The van der Waals surface area contributed by atoms with Gasteiger partial charge in [-0.2, -0.15) is 0 Å². The van der Waals surface area contributed by atoms with Crippen molar-refractivity contribution in [2.45, 2.75) is 53.1 Å². The van der Waals surface area contributed by atoms with E-state index in [0.717, 1.165) is 11.1 Å². The van der Waals surface area contributed by atoms with E-state index in [1.54, 1.807) is 7.11 Å². The zero-order chi connectivity index (χ0) is 21.2. The van der Waals surface area contributed by atoms with Crippen molar-refractivity contribution >= 4 is 10.8 Å². The standard InChI is InChI=1S/C28H32O/c1-27(2,3)17-16-20-12-10-11-15-23(20)26(29-7)24-18-21-13-8-9-14-22(21)19-25(24)28(4,5)6/h8-15,18-19,26H,1-7H3. The molecule has 0 fully saturated rings. The second-order valence-electron chi connectivity index (χ2n) is 9.74. The van der Waals surface area contributed by atoms with E-state index in [2.05, 4.69) is 108 Å². The van der Waals surface area contributed by atoms with E-state index in [1.165, 1.54) is 21.9 Å². The molecule has 0 aromatic heterocycles. The third-order valence-electron chi connectivity index (χ3n) is 5.06. The molecule has 3 aromatic rings. The molecule has 0 aliphatic carbocycles. The second kappa shape index (κ2) is 8.05. The Hall–Kier alpha value is -2.56. The van der Waals surface area contributed by atoms with Gasteiger partial charge in [0.1, 0.15) is 6.10 Å². The summed E-state index contributed by atoms with van der Waals surface area (Å²) >= 11 is 0. The highest BCUT2D eigenvalue weighted by Crippen LogP contribution is 2.38. The maximum absolute atomic E-state index is 6.11. The van der Waals surface area contributed by atoms with Crippen LogP contribution in [0.1, 0.15) is 69.9 Å². The van der Waals surface area contributed by atoms with Crippen LogP contribution in [0.15, 0.2) is 60.7 Å². The van der Waals surface area contributed by atoms with E-state index in [9.17, 15) is 0 Å². The number of hydrogen-bond donors (Lipinski definition) is 0. The SMILES string of the molecule is COC(c1ccccc1C#CC(C)(C)C)c1cc2ccccc2cc1C(C)(C)C. The molecule has 3 rings (SSSR count). The van der Waals surface area contributed by atoms with Gasteiger partial charge in [-0.3, -0.25) is 0 Å². The molecule has 150 valence electrons. The second-order valence-corrected chi connectivity index (χ2v) is 9.74. The normalized spacial score (nSPS) is 13.1. The Morgan fingerprint density at radius 1 is 0.759 bits per heavy atom. The van der Waals surface area contributed by atoms with Gasteiger partial charge in [-0.25, -0.2) is 0 Å². The predicted octanol–water partition coefficient (Wildman–Crippen LogP) is 7.27. The summed E-state index contributed by atoms with van der Waals surface area (Å²) in [7, 11) is 1.79. The molecular weight excluding hydrogens is 352 g/mol. The lowest BCUT2D eigenvalue weighted by atomic mass is 9.79. The molecule has 0 bridgehead atoms. The van der Waals surface area contributed by atoms with Crippen molar-refractivity contribution in [3.63, 3.8) is 0 Å². The molecule has 0 amide bonds. The van der Waals surface area contributed by atoms with E-state index in [-0.39, 0.29) is 16.9 Å². The van der Waals surface area contributed by atoms with Crippen molar-refractivity contribution in [1.82, 2.24) is 0 Å². The number of ether oxygens (including phenoxy) is 1. The van der Waals surface area contributed by atoms with Gasteiger partial charge in [0.25, 0.3) is 0 Å². The van der Waals surface area contributed by atoms with Crippen LogP contribution in [0.5, 0.6) is 0 Å². The van der Waals surface area contributed by atoms with E-state index in [0.29, 0.717) is 0 Å². The van der Waals surface area contributed by atoms with Crippen LogP contribution in [0.2, 0.25) is 0 Å². The lowest BCUT2D eigenvalue weighted by Crippen LogP contribution is -2.18. The molecular formula is C28H32O. The Bertz CT molecular complexity index is 1070. The van der Waals surface area contributed by atoms with Crippen molar-refractivity contribution < 1.29 is 4.74 Å². The number of fused-ring (bicyclic) bond motifs is 1. The fourth-order valence-corrected chi connectivity index (χ4v) is 3.64. The van der Waals surface area contributed by atoms with Crippen LogP contribution in [0.25, 0.3) is 10.8 Å². The van der Waals surface area contributed by atoms with Crippen LogP contribution in [0, 0.1) is 17.3 Å². The van der Waals surface area contributed by atoms with Crippen molar-refractivity contribution in [3.05, 3.63) is 82.9 Å². The molecule has 0 heterocycles. The Morgan fingerprint density at radius 2 is 1.34 bits per heavy atom. The minimum atomic E-state index is -0.167. The maximum Gasteiger partial charge on any atom is 0.109 e. The third kappa shape index (κ3) is 4.89. The molecule has 1 unspecified atom stereocenters.